The summed E-state index contributed by atoms with van der Waals surface area (Å²) in [5.41, 5.74) is 0.705. The fourth-order valence-corrected chi connectivity index (χ4v) is 2.69. The normalized spacial score (nSPS) is 17.7. The van der Waals surface area contributed by atoms with Gasteiger partial charge < -0.3 is 24.6 Å². The molecule has 132 valence electrons. The summed E-state index contributed by atoms with van der Waals surface area (Å²) in [5, 5.41) is 2.82. The zero-order valence-electron chi connectivity index (χ0n) is 14.7. The molecule has 7 nitrogen and oxygen atoms in total. The number of hydrogen-bond acceptors (Lipinski definition) is 4. The average molecular weight is 335 g/mol. The monoisotopic (exact) mass is 335 g/mol. The first-order valence-electron chi connectivity index (χ1n) is 8.10. The van der Waals surface area contributed by atoms with Gasteiger partial charge in [0.15, 0.2) is 0 Å². The molecule has 7 heteroatoms. The fraction of sp³-hybridized carbons (Fsp3) is 0.529. The van der Waals surface area contributed by atoms with Crippen molar-refractivity contribution in [3.63, 3.8) is 0 Å². The van der Waals surface area contributed by atoms with Crippen LogP contribution in [0.1, 0.15) is 20.3 Å². The van der Waals surface area contributed by atoms with E-state index in [4.69, 9.17) is 9.47 Å². The van der Waals surface area contributed by atoms with Crippen molar-refractivity contribution in [2.45, 2.75) is 26.3 Å². The minimum atomic E-state index is -0.521. The number of nitrogens with one attached hydrogen (secondary N) is 1. The molecule has 1 aliphatic rings. The van der Waals surface area contributed by atoms with E-state index in [0.29, 0.717) is 36.8 Å². The maximum absolute atomic E-state index is 12.7. The molecule has 1 N–H and O–H groups in total. The van der Waals surface area contributed by atoms with E-state index < -0.39 is 6.04 Å². The van der Waals surface area contributed by atoms with Crippen LogP contribution in [0.15, 0.2) is 18.2 Å². The molecular weight excluding hydrogens is 310 g/mol. The first-order chi connectivity index (χ1) is 11.5. The summed E-state index contributed by atoms with van der Waals surface area (Å²) in [6, 6.07) is 4.62. The number of hydrogen-bond donors (Lipinski definition) is 1. The summed E-state index contributed by atoms with van der Waals surface area (Å²) in [4.78, 5) is 28.1. The second-order valence-corrected chi connectivity index (χ2v) is 5.66. The zero-order chi connectivity index (χ0) is 17.7. The number of ether oxygens (including phenoxy) is 2. The Morgan fingerprint density at radius 1 is 1.21 bits per heavy atom. The van der Waals surface area contributed by atoms with Crippen LogP contribution in [-0.4, -0.2) is 56.7 Å². The summed E-state index contributed by atoms with van der Waals surface area (Å²) in [6.07, 6.45) is 0.859. The summed E-state index contributed by atoms with van der Waals surface area (Å²) < 4.78 is 10.5. The third kappa shape index (κ3) is 3.72. The van der Waals surface area contributed by atoms with Gasteiger partial charge in [0, 0.05) is 37.8 Å². The Balaban J connectivity index is 2.18. The van der Waals surface area contributed by atoms with Crippen LogP contribution in [0.2, 0.25) is 0 Å². The van der Waals surface area contributed by atoms with Gasteiger partial charge in [-0.3, -0.25) is 4.79 Å². The van der Waals surface area contributed by atoms with Gasteiger partial charge in [0.25, 0.3) is 0 Å². The van der Waals surface area contributed by atoms with Crippen LogP contribution in [-0.2, 0) is 4.79 Å². The minimum absolute atomic E-state index is 0.122. The minimum Gasteiger partial charge on any atom is -0.497 e. The Morgan fingerprint density at radius 2 is 1.83 bits per heavy atom. The van der Waals surface area contributed by atoms with Crippen molar-refractivity contribution in [1.82, 2.24) is 10.2 Å². The molecule has 1 saturated heterocycles. The van der Waals surface area contributed by atoms with Gasteiger partial charge in [-0.25, -0.2) is 4.79 Å². The van der Waals surface area contributed by atoms with E-state index >= 15 is 0 Å². The van der Waals surface area contributed by atoms with E-state index in [-0.39, 0.29) is 11.9 Å². The lowest BCUT2D eigenvalue weighted by Crippen LogP contribution is -2.59. The first-order valence-corrected chi connectivity index (χ1v) is 8.10. The largest absolute Gasteiger partial charge is 0.497 e. The van der Waals surface area contributed by atoms with Crippen molar-refractivity contribution in [1.29, 1.82) is 0 Å². The molecule has 1 heterocycles. The SMILES string of the molecule is CCCNC(=O)N1CCN(c2cc(OC)cc(OC)c2)C(=O)[C@H]1C. The van der Waals surface area contributed by atoms with Crippen molar-refractivity contribution >= 4 is 17.6 Å². The highest BCUT2D eigenvalue weighted by Crippen LogP contribution is 2.30. The number of anilines is 1. The number of carbonyl (C=O) groups is 2. The number of benzene rings is 1. The molecule has 0 unspecified atom stereocenters. The number of amides is 3. The summed E-state index contributed by atoms with van der Waals surface area (Å²) in [7, 11) is 3.14. The van der Waals surface area contributed by atoms with Gasteiger partial charge in [-0.15, -0.1) is 0 Å². The summed E-state index contributed by atoms with van der Waals surface area (Å²) >= 11 is 0. The molecule has 0 aromatic heterocycles. The van der Waals surface area contributed by atoms with Gasteiger partial charge in [-0.2, -0.15) is 0 Å². The van der Waals surface area contributed by atoms with Crippen LogP contribution < -0.4 is 19.7 Å². The lowest BCUT2D eigenvalue weighted by molar-refractivity contribution is -0.124. The molecule has 0 bridgehead atoms. The maximum atomic E-state index is 12.7. The van der Waals surface area contributed by atoms with Crippen molar-refractivity contribution in [3.8, 4) is 11.5 Å². The Labute approximate surface area is 142 Å². The highest BCUT2D eigenvalue weighted by Gasteiger charge is 2.35. The highest BCUT2D eigenvalue weighted by molar-refractivity contribution is 6.00. The molecule has 0 saturated carbocycles. The van der Waals surface area contributed by atoms with Crippen molar-refractivity contribution in [2.75, 3.05) is 38.8 Å². The molecule has 0 spiro atoms. The highest BCUT2D eigenvalue weighted by atomic mass is 16.5. The Kier molecular flexibility index (Phi) is 5.89. The van der Waals surface area contributed by atoms with E-state index in [0.717, 1.165) is 6.42 Å². The first kappa shape index (κ1) is 17.9. The lowest BCUT2D eigenvalue weighted by atomic mass is 10.1. The molecular formula is C17H25N3O4. The molecule has 0 radical (unpaired) electrons. The number of urea groups is 1. The average Bonchev–Trinajstić information content (AvgIpc) is 2.61. The lowest BCUT2D eigenvalue weighted by Gasteiger charge is -2.39. The molecule has 24 heavy (non-hydrogen) atoms. The van der Waals surface area contributed by atoms with Gasteiger partial charge >= 0.3 is 6.03 Å². The zero-order valence-corrected chi connectivity index (χ0v) is 14.7. The predicted molar refractivity (Wildman–Crippen MR) is 91.8 cm³/mol. The van der Waals surface area contributed by atoms with Crippen molar-refractivity contribution in [3.05, 3.63) is 18.2 Å². The molecule has 1 atom stereocenters. The number of piperazine rings is 1. The summed E-state index contributed by atoms with van der Waals surface area (Å²) in [6.45, 7) is 5.24. The summed E-state index contributed by atoms with van der Waals surface area (Å²) in [5.74, 6) is 1.11. The molecule has 1 fully saturated rings. The van der Waals surface area contributed by atoms with E-state index in [2.05, 4.69) is 5.32 Å². The number of rotatable bonds is 5. The van der Waals surface area contributed by atoms with Gasteiger partial charge in [0.1, 0.15) is 17.5 Å². The standard InChI is InChI=1S/C17H25N3O4/c1-5-6-18-17(22)19-7-8-20(16(21)12(19)2)13-9-14(23-3)11-15(10-13)24-4/h9-12H,5-8H2,1-4H3,(H,18,22)/t12-/m1/s1. The Hall–Kier alpha value is -2.44. The third-order valence-corrected chi connectivity index (χ3v) is 4.09. The van der Waals surface area contributed by atoms with Gasteiger partial charge in [-0.1, -0.05) is 6.92 Å². The molecule has 2 rings (SSSR count). The van der Waals surface area contributed by atoms with Crippen LogP contribution in [0, 0.1) is 0 Å². The molecule has 1 aromatic carbocycles. The van der Waals surface area contributed by atoms with Crippen LogP contribution in [0.3, 0.4) is 0 Å². The van der Waals surface area contributed by atoms with E-state index in [1.807, 2.05) is 6.92 Å². The third-order valence-electron chi connectivity index (χ3n) is 4.09. The second kappa shape index (κ2) is 7.90. The number of carbonyl (C=O) groups excluding carboxylic acids is 2. The van der Waals surface area contributed by atoms with Gasteiger partial charge in [0.05, 0.1) is 19.9 Å². The number of nitrogens with zero attached hydrogens (tertiary/aromatic N) is 2. The van der Waals surface area contributed by atoms with Crippen molar-refractivity contribution < 1.29 is 19.1 Å². The van der Waals surface area contributed by atoms with Crippen LogP contribution in [0.25, 0.3) is 0 Å². The second-order valence-electron chi connectivity index (χ2n) is 5.66. The Morgan fingerprint density at radius 3 is 2.38 bits per heavy atom. The maximum Gasteiger partial charge on any atom is 0.318 e. The van der Waals surface area contributed by atoms with E-state index in [1.165, 1.54) is 0 Å². The van der Waals surface area contributed by atoms with Crippen LogP contribution in [0.4, 0.5) is 10.5 Å². The topological polar surface area (TPSA) is 71.1 Å². The molecule has 1 aliphatic heterocycles. The number of methoxy groups -OCH3 is 2. The van der Waals surface area contributed by atoms with Crippen molar-refractivity contribution in [2.24, 2.45) is 0 Å². The van der Waals surface area contributed by atoms with E-state index in [1.54, 1.807) is 49.1 Å². The quantitative estimate of drug-likeness (QED) is 0.891. The molecule has 1 aromatic rings. The molecule has 3 amide bonds. The van der Waals surface area contributed by atoms with Gasteiger partial charge in [0.2, 0.25) is 5.91 Å². The van der Waals surface area contributed by atoms with Crippen LogP contribution in [0.5, 0.6) is 11.5 Å². The van der Waals surface area contributed by atoms with Crippen LogP contribution >= 0.6 is 0 Å². The Bertz CT molecular complexity index is 583. The predicted octanol–water partition coefficient (Wildman–Crippen LogP) is 1.86. The fourth-order valence-electron chi connectivity index (χ4n) is 2.69. The molecule has 0 aliphatic carbocycles. The van der Waals surface area contributed by atoms with Gasteiger partial charge in [-0.05, 0) is 13.3 Å². The van der Waals surface area contributed by atoms with E-state index in [9.17, 15) is 9.59 Å². The smallest absolute Gasteiger partial charge is 0.318 e.